The molecule has 0 saturated carbocycles. The molecule has 0 spiro atoms. The van der Waals surface area contributed by atoms with Crippen LogP contribution in [-0.4, -0.2) is 59.8 Å². The van der Waals surface area contributed by atoms with Gasteiger partial charge in [0.05, 0.1) is 30.6 Å². The van der Waals surface area contributed by atoms with E-state index in [0.29, 0.717) is 42.0 Å². The minimum absolute atomic E-state index is 0.0826. The minimum Gasteiger partial charge on any atom is -0.374 e. The molecule has 1 aliphatic rings. The molecule has 2 amide bonds. The van der Waals surface area contributed by atoms with Gasteiger partial charge >= 0.3 is 0 Å². The number of primary amides is 1. The van der Waals surface area contributed by atoms with E-state index in [1.54, 1.807) is 11.4 Å². The zero-order valence-electron chi connectivity index (χ0n) is 16.1. The number of nitrogens with two attached hydrogens (primary N) is 1. The second kappa shape index (κ2) is 11.3. The molecule has 1 unspecified atom stereocenters. The van der Waals surface area contributed by atoms with Gasteiger partial charge in [-0.3, -0.25) is 14.5 Å². The van der Waals surface area contributed by atoms with Crippen LogP contribution < -0.4 is 11.1 Å². The predicted octanol–water partition coefficient (Wildman–Crippen LogP) is 2.59. The molecule has 1 aromatic carbocycles. The number of nitrogens with zero attached hydrogens (tertiary/aromatic N) is 2. The van der Waals surface area contributed by atoms with E-state index in [9.17, 15) is 9.59 Å². The molecule has 3 N–H and O–H groups in total. The Bertz CT molecular complexity index is 896. The Balaban J connectivity index is 1.40. The highest BCUT2D eigenvalue weighted by molar-refractivity contribution is 8.01. The van der Waals surface area contributed by atoms with Crippen LogP contribution >= 0.6 is 46.3 Å². The number of hydrogen-bond donors (Lipinski definition) is 2. The summed E-state index contributed by atoms with van der Waals surface area (Å²) in [4.78, 5) is 29.6. The van der Waals surface area contributed by atoms with Crippen LogP contribution in [0.3, 0.4) is 0 Å². The summed E-state index contributed by atoms with van der Waals surface area (Å²) in [7, 11) is 0. The number of benzene rings is 1. The van der Waals surface area contributed by atoms with E-state index in [0.717, 1.165) is 16.4 Å². The van der Waals surface area contributed by atoms with Crippen LogP contribution in [0.4, 0.5) is 0 Å². The second-order valence-electron chi connectivity index (χ2n) is 6.80. The molecule has 3 rings (SSSR count). The number of hydrogen-bond acceptors (Lipinski definition) is 7. The molecule has 0 radical (unpaired) electrons. The molecule has 1 saturated heterocycles. The Morgan fingerprint density at radius 1 is 1.40 bits per heavy atom. The van der Waals surface area contributed by atoms with E-state index < -0.39 is 5.91 Å². The second-order valence-corrected chi connectivity index (χ2v) is 9.73. The third-order valence-electron chi connectivity index (χ3n) is 4.37. The number of rotatable bonds is 9. The zero-order valence-corrected chi connectivity index (χ0v) is 19.3. The van der Waals surface area contributed by atoms with E-state index in [1.807, 2.05) is 12.1 Å². The summed E-state index contributed by atoms with van der Waals surface area (Å²) in [5.41, 5.74) is 6.81. The average molecular weight is 489 g/mol. The van der Waals surface area contributed by atoms with Crippen molar-refractivity contribution in [1.29, 1.82) is 0 Å². The van der Waals surface area contributed by atoms with Crippen LogP contribution in [-0.2, 0) is 27.3 Å². The smallest absolute Gasteiger partial charge is 0.230 e. The molecule has 1 fully saturated rings. The summed E-state index contributed by atoms with van der Waals surface area (Å²) in [5, 5.41) is 5.96. The normalized spacial score (nSPS) is 17.1. The first-order valence-corrected chi connectivity index (χ1v) is 11.9. The van der Waals surface area contributed by atoms with E-state index in [-0.39, 0.29) is 24.2 Å². The summed E-state index contributed by atoms with van der Waals surface area (Å²) in [6, 6.07) is 5.51. The molecule has 0 aliphatic carbocycles. The van der Waals surface area contributed by atoms with Gasteiger partial charge in [-0.1, -0.05) is 41.0 Å². The summed E-state index contributed by atoms with van der Waals surface area (Å²) in [5.74, 6) is -0.261. The fourth-order valence-corrected chi connectivity index (χ4v) is 5.10. The highest BCUT2D eigenvalue weighted by Gasteiger charge is 2.22. The number of thiazole rings is 1. The van der Waals surface area contributed by atoms with Crippen molar-refractivity contribution in [2.45, 2.75) is 23.4 Å². The highest BCUT2D eigenvalue weighted by Crippen LogP contribution is 2.24. The number of thioether (sulfide) groups is 1. The first-order valence-electron chi connectivity index (χ1n) is 9.29. The largest absolute Gasteiger partial charge is 0.374 e. The van der Waals surface area contributed by atoms with Crippen LogP contribution in [0.2, 0.25) is 10.0 Å². The first kappa shape index (κ1) is 23.3. The molecule has 1 aromatic heterocycles. The molecule has 30 heavy (non-hydrogen) atoms. The van der Waals surface area contributed by atoms with Crippen LogP contribution in [0.1, 0.15) is 11.3 Å². The molecule has 11 heteroatoms. The van der Waals surface area contributed by atoms with Gasteiger partial charge in [-0.15, -0.1) is 11.3 Å². The zero-order chi connectivity index (χ0) is 21.5. The van der Waals surface area contributed by atoms with Crippen molar-refractivity contribution in [3.63, 3.8) is 0 Å². The van der Waals surface area contributed by atoms with Crippen LogP contribution in [0.15, 0.2) is 27.9 Å². The molecular formula is C19H22Cl2N4O3S2. The monoisotopic (exact) mass is 488 g/mol. The lowest BCUT2D eigenvalue weighted by atomic mass is 10.2. The molecule has 2 heterocycles. The number of carbonyl (C=O) groups excluding carboxylic acids is 2. The Kier molecular flexibility index (Phi) is 8.79. The van der Waals surface area contributed by atoms with Crippen LogP contribution in [0.5, 0.6) is 0 Å². The molecule has 2 aromatic rings. The first-order chi connectivity index (χ1) is 14.4. The summed E-state index contributed by atoms with van der Waals surface area (Å²) < 4.78 is 6.51. The number of carbonyl (C=O) groups is 2. The van der Waals surface area contributed by atoms with Gasteiger partial charge in [-0.25, -0.2) is 4.98 Å². The van der Waals surface area contributed by atoms with Gasteiger partial charge in [0.1, 0.15) is 0 Å². The van der Waals surface area contributed by atoms with Gasteiger partial charge in [0.2, 0.25) is 11.8 Å². The van der Waals surface area contributed by atoms with E-state index in [4.69, 9.17) is 33.7 Å². The van der Waals surface area contributed by atoms with E-state index in [1.165, 1.54) is 23.1 Å². The van der Waals surface area contributed by atoms with Gasteiger partial charge in [0.25, 0.3) is 0 Å². The molecule has 162 valence electrons. The van der Waals surface area contributed by atoms with Gasteiger partial charge in [-0.05, 0) is 17.7 Å². The van der Waals surface area contributed by atoms with Gasteiger partial charge in [-0.2, -0.15) is 0 Å². The summed E-state index contributed by atoms with van der Waals surface area (Å²) >= 11 is 15.0. The van der Waals surface area contributed by atoms with Crippen molar-refractivity contribution in [1.82, 2.24) is 15.2 Å². The van der Waals surface area contributed by atoms with Crippen molar-refractivity contribution in [2.75, 3.05) is 32.0 Å². The van der Waals surface area contributed by atoms with Gasteiger partial charge in [0, 0.05) is 41.6 Å². The Morgan fingerprint density at radius 2 is 2.23 bits per heavy atom. The number of halogens is 2. The Morgan fingerprint density at radius 3 is 3.00 bits per heavy atom. The Hall–Kier alpha value is -1.36. The topological polar surface area (TPSA) is 97.5 Å². The maximum atomic E-state index is 12.2. The summed E-state index contributed by atoms with van der Waals surface area (Å²) in [6.45, 7) is 3.25. The molecule has 0 bridgehead atoms. The fourth-order valence-electron chi connectivity index (χ4n) is 2.96. The van der Waals surface area contributed by atoms with Gasteiger partial charge < -0.3 is 15.8 Å². The maximum absolute atomic E-state index is 12.2. The Labute approximate surface area is 193 Å². The number of amides is 2. The van der Waals surface area contributed by atoms with Crippen molar-refractivity contribution in [2.24, 2.45) is 5.73 Å². The van der Waals surface area contributed by atoms with Crippen LogP contribution in [0.25, 0.3) is 0 Å². The lowest BCUT2D eigenvalue weighted by molar-refractivity contribution is -0.120. The van der Waals surface area contributed by atoms with E-state index in [2.05, 4.69) is 15.2 Å². The maximum Gasteiger partial charge on any atom is 0.230 e. The number of nitrogens with one attached hydrogen (secondary N) is 1. The SMILES string of the molecule is NC(=O)Cc1csc(SCC(=O)NCC2CN(Cc3ccc(Cl)cc3Cl)CCO2)n1. The summed E-state index contributed by atoms with van der Waals surface area (Å²) in [6.07, 6.45) is 0.0285. The lowest BCUT2D eigenvalue weighted by Crippen LogP contribution is -2.47. The van der Waals surface area contributed by atoms with Crippen molar-refractivity contribution < 1.29 is 14.3 Å². The van der Waals surface area contributed by atoms with Gasteiger partial charge in [0.15, 0.2) is 4.34 Å². The minimum atomic E-state index is -0.422. The van der Waals surface area contributed by atoms with Crippen molar-refractivity contribution in [3.05, 3.63) is 44.9 Å². The average Bonchev–Trinajstić information content (AvgIpc) is 3.14. The predicted molar refractivity (Wildman–Crippen MR) is 120 cm³/mol. The third kappa shape index (κ3) is 7.40. The van der Waals surface area contributed by atoms with Crippen molar-refractivity contribution >= 4 is 58.1 Å². The highest BCUT2D eigenvalue weighted by atomic mass is 35.5. The molecule has 1 aliphatic heterocycles. The molecule has 1 atom stereocenters. The standard InChI is InChI=1S/C19H22Cl2N4O3S2/c20-13-2-1-12(16(21)5-13)8-25-3-4-28-15(9-25)7-23-18(27)11-30-19-24-14(10-29-19)6-17(22)26/h1-2,5,10,15H,3-4,6-9,11H2,(H2,22,26)(H,23,27). The number of ether oxygens (including phenoxy) is 1. The quantitative estimate of drug-likeness (QED) is 0.526. The third-order valence-corrected chi connectivity index (χ3v) is 7.03. The number of morpholine rings is 1. The number of aromatic nitrogens is 1. The lowest BCUT2D eigenvalue weighted by Gasteiger charge is -2.33. The van der Waals surface area contributed by atoms with Crippen LogP contribution in [0, 0.1) is 0 Å². The fraction of sp³-hybridized carbons (Fsp3) is 0.421. The van der Waals surface area contributed by atoms with E-state index >= 15 is 0 Å². The van der Waals surface area contributed by atoms with Crippen molar-refractivity contribution in [3.8, 4) is 0 Å². The molecule has 7 nitrogen and oxygen atoms in total. The molecular weight excluding hydrogens is 467 g/mol.